The molecule has 2 rings (SSSR count). The fourth-order valence-electron chi connectivity index (χ4n) is 2.62. The Morgan fingerprint density at radius 1 is 1.33 bits per heavy atom. The number of anilines is 1. The van der Waals surface area contributed by atoms with Crippen LogP contribution in [0.25, 0.3) is 0 Å². The van der Waals surface area contributed by atoms with Gasteiger partial charge in [-0.05, 0) is 64.5 Å². The maximum Gasteiger partial charge on any atom is 0.0383 e. The second kappa shape index (κ2) is 5.62. The summed E-state index contributed by atoms with van der Waals surface area (Å²) in [5.74, 6) is 0. The van der Waals surface area contributed by atoms with Crippen LogP contribution in [-0.4, -0.2) is 31.6 Å². The average Bonchev–Trinajstić information content (AvgIpc) is 2.73. The van der Waals surface area contributed by atoms with Gasteiger partial charge in [-0.3, -0.25) is 0 Å². The van der Waals surface area contributed by atoms with Crippen molar-refractivity contribution in [3.63, 3.8) is 0 Å². The van der Waals surface area contributed by atoms with E-state index >= 15 is 0 Å². The van der Waals surface area contributed by atoms with Crippen LogP contribution in [0.3, 0.4) is 0 Å². The van der Waals surface area contributed by atoms with E-state index in [4.69, 9.17) is 0 Å². The van der Waals surface area contributed by atoms with Crippen LogP contribution in [-0.2, 0) is 0 Å². The lowest BCUT2D eigenvalue weighted by molar-refractivity contribution is 0.321. The summed E-state index contributed by atoms with van der Waals surface area (Å²) in [6.45, 7) is 5.76. The van der Waals surface area contributed by atoms with Crippen LogP contribution in [0.1, 0.15) is 38.3 Å². The minimum Gasteiger partial charge on any atom is -0.369 e. The summed E-state index contributed by atoms with van der Waals surface area (Å²) in [6.07, 6.45) is 2.62. The maximum absolute atomic E-state index is 3.65. The summed E-state index contributed by atoms with van der Waals surface area (Å²) in [5.41, 5.74) is 2.74. The predicted octanol–water partition coefficient (Wildman–Crippen LogP) is 4.06. The van der Waals surface area contributed by atoms with E-state index in [-0.39, 0.29) is 0 Å². The molecule has 1 unspecified atom stereocenters. The second-order valence-corrected chi connectivity index (χ2v) is 6.48. The molecule has 0 amide bonds. The van der Waals surface area contributed by atoms with Gasteiger partial charge in [0.15, 0.2) is 0 Å². The van der Waals surface area contributed by atoms with Gasteiger partial charge in [0.25, 0.3) is 0 Å². The molecule has 1 aliphatic heterocycles. The Morgan fingerprint density at radius 3 is 2.61 bits per heavy atom. The molecule has 1 aromatic carbocycles. The first-order chi connectivity index (χ1) is 8.49. The third-order valence-corrected chi connectivity index (χ3v) is 4.50. The predicted molar refractivity (Wildman–Crippen MR) is 82.3 cm³/mol. The largest absolute Gasteiger partial charge is 0.369 e. The molecule has 1 aliphatic rings. The normalized spacial score (nSPS) is 21.7. The molecular weight excluding hydrogens is 288 g/mol. The molecule has 1 fully saturated rings. The highest BCUT2D eigenvalue weighted by molar-refractivity contribution is 9.10. The van der Waals surface area contributed by atoms with Crippen LogP contribution >= 0.6 is 15.9 Å². The average molecular weight is 311 g/mol. The summed E-state index contributed by atoms with van der Waals surface area (Å²) in [7, 11) is 4.26. The van der Waals surface area contributed by atoms with Gasteiger partial charge in [0, 0.05) is 28.8 Å². The monoisotopic (exact) mass is 310 g/mol. The Labute approximate surface area is 119 Å². The second-order valence-electron chi connectivity index (χ2n) is 5.57. The molecule has 100 valence electrons. The molecule has 0 spiro atoms. The highest BCUT2D eigenvalue weighted by Gasteiger charge is 2.21. The summed E-state index contributed by atoms with van der Waals surface area (Å²) >= 11 is 3.65. The first-order valence-corrected chi connectivity index (χ1v) is 7.52. The molecule has 0 N–H and O–H groups in total. The van der Waals surface area contributed by atoms with Crippen LogP contribution in [0.15, 0.2) is 22.7 Å². The number of hydrogen-bond donors (Lipinski definition) is 0. The Balaban J connectivity index is 2.31. The molecule has 3 heteroatoms. The Hall–Kier alpha value is -0.540. The van der Waals surface area contributed by atoms with Crippen molar-refractivity contribution in [3.8, 4) is 0 Å². The van der Waals surface area contributed by atoms with Crippen LogP contribution in [0, 0.1) is 0 Å². The van der Waals surface area contributed by atoms with E-state index in [9.17, 15) is 0 Å². The highest BCUT2D eigenvalue weighted by Crippen LogP contribution is 2.31. The van der Waals surface area contributed by atoms with Crippen molar-refractivity contribution < 1.29 is 0 Å². The maximum atomic E-state index is 3.65. The zero-order chi connectivity index (χ0) is 13.3. The Kier molecular flexibility index (Phi) is 4.33. The van der Waals surface area contributed by atoms with E-state index in [0.29, 0.717) is 12.1 Å². The van der Waals surface area contributed by atoms with Crippen molar-refractivity contribution in [1.29, 1.82) is 0 Å². The standard InChI is InChI=1S/C15H23BrN2/c1-11-6-5-7-18(11)15-9-13(8-14(16)10-15)12(2)17(3)4/h8-12H,5-7H2,1-4H3/t11-,12?/m1/s1. The SMILES string of the molecule is CC(c1cc(Br)cc(N2CCC[C@H]2C)c1)N(C)C. The first-order valence-electron chi connectivity index (χ1n) is 6.72. The van der Waals surface area contributed by atoms with E-state index < -0.39 is 0 Å². The summed E-state index contributed by atoms with van der Waals surface area (Å²) in [5, 5.41) is 0. The molecule has 1 saturated heterocycles. The third kappa shape index (κ3) is 2.89. The van der Waals surface area contributed by atoms with Crippen molar-refractivity contribution in [2.45, 2.75) is 38.8 Å². The summed E-state index contributed by atoms with van der Waals surface area (Å²) < 4.78 is 1.18. The van der Waals surface area contributed by atoms with Crippen molar-refractivity contribution in [2.75, 3.05) is 25.5 Å². The smallest absolute Gasteiger partial charge is 0.0383 e. The number of benzene rings is 1. The molecule has 1 aromatic rings. The zero-order valence-electron chi connectivity index (χ0n) is 11.8. The summed E-state index contributed by atoms with van der Waals surface area (Å²) in [6, 6.07) is 7.93. The van der Waals surface area contributed by atoms with E-state index in [0.717, 1.165) is 0 Å². The van der Waals surface area contributed by atoms with Gasteiger partial charge in [-0.2, -0.15) is 0 Å². The van der Waals surface area contributed by atoms with E-state index in [1.54, 1.807) is 0 Å². The van der Waals surface area contributed by atoms with Gasteiger partial charge in [0.05, 0.1) is 0 Å². The van der Waals surface area contributed by atoms with E-state index in [2.05, 4.69) is 71.9 Å². The van der Waals surface area contributed by atoms with Gasteiger partial charge in [-0.25, -0.2) is 0 Å². The molecule has 0 radical (unpaired) electrons. The lowest BCUT2D eigenvalue weighted by atomic mass is 10.1. The van der Waals surface area contributed by atoms with Crippen LogP contribution in [0.4, 0.5) is 5.69 Å². The number of rotatable bonds is 3. The number of hydrogen-bond acceptors (Lipinski definition) is 2. The van der Waals surface area contributed by atoms with Gasteiger partial charge < -0.3 is 9.80 Å². The molecule has 0 bridgehead atoms. The minimum atomic E-state index is 0.444. The molecule has 0 aliphatic carbocycles. The lowest BCUT2D eigenvalue weighted by Crippen LogP contribution is -2.26. The van der Waals surface area contributed by atoms with Gasteiger partial charge in [-0.15, -0.1) is 0 Å². The van der Waals surface area contributed by atoms with Gasteiger partial charge in [0.2, 0.25) is 0 Å². The van der Waals surface area contributed by atoms with Gasteiger partial charge >= 0.3 is 0 Å². The van der Waals surface area contributed by atoms with Gasteiger partial charge in [0.1, 0.15) is 0 Å². The van der Waals surface area contributed by atoms with Crippen LogP contribution < -0.4 is 4.90 Å². The minimum absolute atomic E-state index is 0.444. The van der Waals surface area contributed by atoms with Crippen LogP contribution in [0.2, 0.25) is 0 Å². The van der Waals surface area contributed by atoms with Crippen molar-refractivity contribution >= 4 is 21.6 Å². The molecule has 18 heavy (non-hydrogen) atoms. The van der Waals surface area contributed by atoms with E-state index in [1.165, 1.54) is 35.1 Å². The molecule has 2 atom stereocenters. The van der Waals surface area contributed by atoms with Crippen molar-refractivity contribution in [2.24, 2.45) is 0 Å². The summed E-state index contributed by atoms with van der Waals surface area (Å²) in [4.78, 5) is 4.77. The Bertz CT molecular complexity index is 417. The fraction of sp³-hybridized carbons (Fsp3) is 0.600. The lowest BCUT2D eigenvalue weighted by Gasteiger charge is -2.27. The van der Waals surface area contributed by atoms with E-state index in [1.807, 2.05) is 0 Å². The molecule has 0 aromatic heterocycles. The fourth-order valence-corrected chi connectivity index (χ4v) is 3.12. The first kappa shape index (κ1) is 13.9. The zero-order valence-corrected chi connectivity index (χ0v) is 13.4. The molecule has 2 nitrogen and oxygen atoms in total. The Morgan fingerprint density at radius 2 is 2.06 bits per heavy atom. The number of nitrogens with zero attached hydrogens (tertiary/aromatic N) is 2. The molecule has 1 heterocycles. The van der Waals surface area contributed by atoms with Gasteiger partial charge in [-0.1, -0.05) is 15.9 Å². The topological polar surface area (TPSA) is 6.48 Å². The molecular formula is C15H23BrN2. The van der Waals surface area contributed by atoms with Crippen LogP contribution in [0.5, 0.6) is 0 Å². The highest BCUT2D eigenvalue weighted by atomic mass is 79.9. The number of halogens is 1. The third-order valence-electron chi connectivity index (χ3n) is 4.05. The molecule has 0 saturated carbocycles. The van der Waals surface area contributed by atoms with Crippen molar-refractivity contribution in [1.82, 2.24) is 4.90 Å². The van der Waals surface area contributed by atoms with Crippen molar-refractivity contribution in [3.05, 3.63) is 28.2 Å². The quantitative estimate of drug-likeness (QED) is 0.830.